The second-order valence-corrected chi connectivity index (χ2v) is 6.65. The molecule has 0 bridgehead atoms. The third kappa shape index (κ3) is 2.60. The van der Waals surface area contributed by atoms with Gasteiger partial charge in [0.05, 0.1) is 7.11 Å². The summed E-state index contributed by atoms with van der Waals surface area (Å²) in [5.74, 6) is -0.0982. The molecule has 1 saturated heterocycles. The number of nitrogens with one attached hydrogen (secondary N) is 1. The van der Waals surface area contributed by atoms with Gasteiger partial charge in [-0.15, -0.1) is 0 Å². The summed E-state index contributed by atoms with van der Waals surface area (Å²) >= 11 is 0. The third-order valence-electron chi connectivity index (χ3n) is 6.03. The SMILES string of the molecule is CCC1(CC)CCN(C2CCC(NC)(C(=O)OC)C2)C1. The molecule has 1 aliphatic carbocycles. The zero-order chi connectivity index (χ0) is 14.8. The van der Waals surface area contributed by atoms with Crippen molar-refractivity contribution >= 4 is 5.97 Å². The van der Waals surface area contributed by atoms with Crippen LogP contribution in [0, 0.1) is 5.41 Å². The van der Waals surface area contributed by atoms with Crippen LogP contribution >= 0.6 is 0 Å². The van der Waals surface area contributed by atoms with Crippen molar-refractivity contribution in [1.82, 2.24) is 10.2 Å². The number of hydrogen-bond acceptors (Lipinski definition) is 4. The van der Waals surface area contributed by atoms with Gasteiger partial charge in [0.25, 0.3) is 0 Å². The number of likely N-dealkylation sites (N-methyl/N-ethyl adjacent to an activating group) is 1. The van der Waals surface area contributed by atoms with Crippen LogP contribution in [0.25, 0.3) is 0 Å². The van der Waals surface area contributed by atoms with E-state index >= 15 is 0 Å². The van der Waals surface area contributed by atoms with Crippen LogP contribution in [0.3, 0.4) is 0 Å². The smallest absolute Gasteiger partial charge is 0.326 e. The van der Waals surface area contributed by atoms with Crippen LogP contribution in [-0.2, 0) is 9.53 Å². The second-order valence-electron chi connectivity index (χ2n) is 6.65. The lowest BCUT2D eigenvalue weighted by atomic mass is 9.82. The monoisotopic (exact) mass is 282 g/mol. The Kier molecular flexibility index (Phi) is 4.75. The van der Waals surface area contributed by atoms with Crippen molar-refractivity contribution in [1.29, 1.82) is 0 Å². The number of esters is 1. The molecule has 0 aromatic carbocycles. The van der Waals surface area contributed by atoms with Crippen molar-refractivity contribution in [2.45, 2.75) is 64.0 Å². The molecular weight excluding hydrogens is 252 g/mol. The maximum absolute atomic E-state index is 12.1. The second kappa shape index (κ2) is 6.02. The Bertz CT molecular complexity index is 354. The highest BCUT2D eigenvalue weighted by Gasteiger charge is 2.48. The zero-order valence-electron chi connectivity index (χ0n) is 13.5. The summed E-state index contributed by atoms with van der Waals surface area (Å²) in [4.78, 5) is 14.7. The molecule has 0 aromatic rings. The first-order valence-corrected chi connectivity index (χ1v) is 8.06. The third-order valence-corrected chi connectivity index (χ3v) is 6.03. The fourth-order valence-electron chi connectivity index (χ4n) is 4.15. The quantitative estimate of drug-likeness (QED) is 0.785. The van der Waals surface area contributed by atoms with Gasteiger partial charge >= 0.3 is 5.97 Å². The molecule has 4 heteroatoms. The summed E-state index contributed by atoms with van der Waals surface area (Å²) in [6.07, 6.45) is 6.71. The number of carbonyl (C=O) groups excluding carboxylic acids is 1. The molecule has 1 saturated carbocycles. The summed E-state index contributed by atoms with van der Waals surface area (Å²) in [7, 11) is 3.37. The Labute approximate surface area is 123 Å². The molecule has 0 aromatic heterocycles. The van der Waals surface area contributed by atoms with E-state index in [-0.39, 0.29) is 5.97 Å². The summed E-state index contributed by atoms with van der Waals surface area (Å²) < 4.78 is 5.00. The minimum Gasteiger partial charge on any atom is -0.468 e. The number of rotatable bonds is 5. The van der Waals surface area contributed by atoms with Crippen LogP contribution in [0.1, 0.15) is 52.4 Å². The standard InChI is InChI=1S/C16H30N2O2/c1-5-15(6-2)9-10-18(12-15)13-7-8-16(11-13,17-3)14(19)20-4/h13,17H,5-12H2,1-4H3. The number of ether oxygens (including phenoxy) is 1. The molecule has 4 nitrogen and oxygen atoms in total. The fraction of sp³-hybridized carbons (Fsp3) is 0.938. The van der Waals surface area contributed by atoms with Crippen LogP contribution in [0.5, 0.6) is 0 Å². The molecule has 2 aliphatic rings. The number of hydrogen-bond donors (Lipinski definition) is 1. The Hall–Kier alpha value is -0.610. The lowest BCUT2D eigenvalue weighted by molar-refractivity contribution is -0.148. The predicted molar refractivity (Wildman–Crippen MR) is 80.7 cm³/mol. The van der Waals surface area contributed by atoms with Gasteiger partial charge in [0, 0.05) is 12.6 Å². The molecule has 1 aliphatic heterocycles. The van der Waals surface area contributed by atoms with Gasteiger partial charge in [-0.2, -0.15) is 0 Å². The zero-order valence-corrected chi connectivity index (χ0v) is 13.5. The van der Waals surface area contributed by atoms with E-state index < -0.39 is 5.54 Å². The molecule has 2 atom stereocenters. The lowest BCUT2D eigenvalue weighted by Gasteiger charge is -2.31. The first-order valence-electron chi connectivity index (χ1n) is 8.06. The maximum Gasteiger partial charge on any atom is 0.326 e. The molecule has 1 heterocycles. The van der Waals surface area contributed by atoms with Crippen LogP contribution in [0.2, 0.25) is 0 Å². The predicted octanol–water partition coefficient (Wildman–Crippen LogP) is 2.18. The molecule has 2 unspecified atom stereocenters. The first kappa shape index (κ1) is 15.8. The molecule has 0 amide bonds. The average Bonchev–Trinajstić information content (AvgIpc) is 3.11. The molecule has 0 radical (unpaired) electrons. The number of likely N-dealkylation sites (tertiary alicyclic amines) is 1. The van der Waals surface area contributed by atoms with Gasteiger partial charge in [0.15, 0.2) is 0 Å². The highest BCUT2D eigenvalue weighted by atomic mass is 16.5. The number of methoxy groups -OCH3 is 1. The van der Waals surface area contributed by atoms with Gasteiger partial charge < -0.3 is 10.1 Å². The van der Waals surface area contributed by atoms with Gasteiger partial charge in [-0.25, -0.2) is 0 Å². The molecule has 0 spiro atoms. The Morgan fingerprint density at radius 3 is 2.55 bits per heavy atom. The summed E-state index contributed by atoms with van der Waals surface area (Å²) in [5.41, 5.74) is 0.0548. The van der Waals surface area contributed by atoms with Crippen molar-refractivity contribution in [2.75, 3.05) is 27.2 Å². The van der Waals surface area contributed by atoms with Crippen LogP contribution in [-0.4, -0.2) is 49.7 Å². The van der Waals surface area contributed by atoms with Crippen molar-refractivity contribution in [3.05, 3.63) is 0 Å². The highest BCUT2D eigenvalue weighted by Crippen LogP contribution is 2.42. The summed E-state index contributed by atoms with van der Waals surface area (Å²) in [6, 6.07) is 0.529. The molecule has 2 rings (SSSR count). The van der Waals surface area contributed by atoms with Crippen LogP contribution < -0.4 is 5.32 Å². The molecule has 20 heavy (non-hydrogen) atoms. The van der Waals surface area contributed by atoms with E-state index in [0.717, 1.165) is 19.3 Å². The van der Waals surface area contributed by atoms with E-state index in [2.05, 4.69) is 24.1 Å². The first-order chi connectivity index (χ1) is 9.54. The molecule has 1 N–H and O–H groups in total. The van der Waals surface area contributed by atoms with E-state index in [9.17, 15) is 4.79 Å². The van der Waals surface area contributed by atoms with Gasteiger partial charge in [-0.3, -0.25) is 9.69 Å². The van der Waals surface area contributed by atoms with Crippen LogP contribution in [0.4, 0.5) is 0 Å². The van der Waals surface area contributed by atoms with Crippen molar-refractivity contribution < 1.29 is 9.53 Å². The van der Waals surface area contributed by atoms with E-state index in [1.54, 1.807) is 0 Å². The van der Waals surface area contributed by atoms with Gasteiger partial charge in [0.1, 0.15) is 5.54 Å². The van der Waals surface area contributed by atoms with Crippen molar-refractivity contribution in [3.8, 4) is 0 Å². The Morgan fingerprint density at radius 1 is 1.35 bits per heavy atom. The van der Waals surface area contributed by atoms with Gasteiger partial charge in [-0.05, 0) is 57.5 Å². The molecule has 2 fully saturated rings. The van der Waals surface area contributed by atoms with Crippen LogP contribution in [0.15, 0.2) is 0 Å². The maximum atomic E-state index is 12.1. The summed E-state index contributed by atoms with van der Waals surface area (Å²) in [6.45, 7) is 7.01. The van der Waals surface area contributed by atoms with E-state index in [1.165, 1.54) is 39.5 Å². The lowest BCUT2D eigenvalue weighted by Crippen LogP contribution is -2.50. The van der Waals surface area contributed by atoms with Crippen molar-refractivity contribution in [3.63, 3.8) is 0 Å². The minimum atomic E-state index is -0.455. The van der Waals surface area contributed by atoms with E-state index in [4.69, 9.17) is 4.74 Å². The van der Waals surface area contributed by atoms with E-state index in [0.29, 0.717) is 11.5 Å². The fourth-order valence-corrected chi connectivity index (χ4v) is 4.15. The van der Waals surface area contributed by atoms with Crippen molar-refractivity contribution in [2.24, 2.45) is 5.41 Å². The van der Waals surface area contributed by atoms with E-state index in [1.807, 2.05) is 7.05 Å². The number of nitrogens with zero attached hydrogens (tertiary/aromatic N) is 1. The Morgan fingerprint density at radius 2 is 2.05 bits per heavy atom. The Balaban J connectivity index is 2.02. The highest BCUT2D eigenvalue weighted by molar-refractivity contribution is 5.81. The average molecular weight is 282 g/mol. The largest absolute Gasteiger partial charge is 0.468 e. The normalized spacial score (nSPS) is 33.5. The molecular formula is C16H30N2O2. The number of carbonyl (C=O) groups is 1. The topological polar surface area (TPSA) is 41.6 Å². The molecule has 116 valence electrons. The summed E-state index contributed by atoms with van der Waals surface area (Å²) in [5, 5.41) is 3.23. The van der Waals surface area contributed by atoms with Gasteiger partial charge in [-0.1, -0.05) is 13.8 Å². The minimum absolute atomic E-state index is 0.0982. The van der Waals surface area contributed by atoms with Gasteiger partial charge in [0.2, 0.25) is 0 Å².